The topological polar surface area (TPSA) is 43.8 Å². The number of aromatic nitrogens is 2. The fourth-order valence-corrected chi connectivity index (χ4v) is 2.68. The number of imidazole rings is 1. The maximum atomic E-state index is 13.3. The normalized spacial score (nSPS) is 11.5. The molecule has 0 radical (unpaired) electrons. The monoisotopic (exact) mass is 303 g/mol. The van der Waals surface area contributed by atoms with Gasteiger partial charge in [-0.2, -0.15) is 0 Å². The second-order valence-electron chi connectivity index (χ2n) is 5.26. The third-order valence-electron chi connectivity index (χ3n) is 3.42. The van der Waals surface area contributed by atoms with Crippen LogP contribution in [0.25, 0.3) is 22.4 Å². The van der Waals surface area contributed by atoms with Crippen LogP contribution >= 0.6 is 11.6 Å². The van der Waals surface area contributed by atoms with Crippen molar-refractivity contribution in [1.29, 1.82) is 0 Å². The number of halogens is 2. The van der Waals surface area contributed by atoms with E-state index in [1.165, 1.54) is 12.1 Å². The lowest BCUT2D eigenvalue weighted by atomic mass is 10.1. The third kappa shape index (κ3) is 2.36. The van der Waals surface area contributed by atoms with Crippen molar-refractivity contribution in [3.63, 3.8) is 0 Å². The van der Waals surface area contributed by atoms with Crippen LogP contribution in [-0.4, -0.2) is 9.55 Å². The molecule has 0 atom stereocenters. The molecule has 1 aromatic heterocycles. The summed E-state index contributed by atoms with van der Waals surface area (Å²) in [6.45, 7) is 4.12. The average Bonchev–Trinajstić information content (AvgIpc) is 2.76. The maximum absolute atomic E-state index is 13.3. The number of anilines is 1. The van der Waals surface area contributed by atoms with Gasteiger partial charge in [-0.15, -0.1) is 0 Å². The van der Waals surface area contributed by atoms with Crippen molar-refractivity contribution in [2.24, 2.45) is 0 Å². The minimum absolute atomic E-state index is 0.174. The second-order valence-corrected chi connectivity index (χ2v) is 5.70. The lowest BCUT2D eigenvalue weighted by molar-refractivity contribution is 0.622. The average molecular weight is 304 g/mol. The van der Waals surface area contributed by atoms with Gasteiger partial charge in [0.05, 0.1) is 11.0 Å². The zero-order chi connectivity index (χ0) is 15.1. The van der Waals surface area contributed by atoms with Crippen LogP contribution in [0.3, 0.4) is 0 Å². The molecule has 2 N–H and O–H groups in total. The maximum Gasteiger partial charge on any atom is 0.143 e. The summed E-state index contributed by atoms with van der Waals surface area (Å²) in [7, 11) is 0. The third-order valence-corrected chi connectivity index (χ3v) is 3.66. The van der Waals surface area contributed by atoms with E-state index in [1.807, 2.05) is 12.1 Å². The van der Waals surface area contributed by atoms with Gasteiger partial charge in [0.2, 0.25) is 0 Å². The van der Waals surface area contributed by atoms with Gasteiger partial charge < -0.3 is 10.3 Å². The smallest absolute Gasteiger partial charge is 0.143 e. The first kappa shape index (κ1) is 13.9. The summed E-state index contributed by atoms with van der Waals surface area (Å²) in [4.78, 5) is 4.64. The molecule has 5 heteroatoms. The van der Waals surface area contributed by atoms with Crippen molar-refractivity contribution in [2.45, 2.75) is 19.9 Å². The van der Waals surface area contributed by atoms with Gasteiger partial charge in [0.15, 0.2) is 0 Å². The number of nitrogens with zero attached hydrogens (tertiary/aromatic N) is 2. The van der Waals surface area contributed by atoms with Crippen LogP contribution in [0.5, 0.6) is 0 Å². The molecule has 21 heavy (non-hydrogen) atoms. The van der Waals surface area contributed by atoms with E-state index in [-0.39, 0.29) is 11.9 Å². The van der Waals surface area contributed by atoms with Crippen LogP contribution in [0.2, 0.25) is 5.02 Å². The minimum Gasteiger partial charge on any atom is -0.398 e. The number of fused-ring (bicyclic) bond motifs is 1. The van der Waals surface area contributed by atoms with Gasteiger partial charge in [0, 0.05) is 22.3 Å². The number of nitrogen functional groups attached to an aromatic ring is 1. The van der Waals surface area contributed by atoms with Gasteiger partial charge in [-0.3, -0.25) is 0 Å². The molecule has 0 aliphatic rings. The lowest BCUT2D eigenvalue weighted by Gasteiger charge is -2.14. The van der Waals surface area contributed by atoms with Crippen LogP contribution in [-0.2, 0) is 0 Å². The summed E-state index contributed by atoms with van der Waals surface area (Å²) < 4.78 is 15.3. The molecule has 0 spiro atoms. The van der Waals surface area contributed by atoms with E-state index in [1.54, 1.807) is 12.1 Å². The standard InChI is InChI=1S/C16H15ClFN3/c1-9(2)21-15-7-10(17)3-6-14(15)20-16(21)12-5-4-11(18)8-13(12)19/h3-9H,19H2,1-2H3. The molecule has 0 fully saturated rings. The predicted octanol–water partition coefficient (Wildman–Crippen LogP) is 4.66. The summed E-state index contributed by atoms with van der Waals surface area (Å²) in [5.41, 5.74) is 8.83. The zero-order valence-electron chi connectivity index (χ0n) is 11.8. The molecule has 0 amide bonds. The summed E-state index contributed by atoms with van der Waals surface area (Å²) in [5, 5.41) is 0.655. The van der Waals surface area contributed by atoms with E-state index in [2.05, 4.69) is 23.4 Å². The molecule has 0 saturated carbocycles. The number of hydrogen-bond donors (Lipinski definition) is 1. The molecule has 0 aliphatic carbocycles. The Morgan fingerprint density at radius 2 is 1.95 bits per heavy atom. The Labute approximate surface area is 127 Å². The van der Waals surface area contributed by atoms with E-state index in [0.717, 1.165) is 22.4 Å². The van der Waals surface area contributed by atoms with E-state index in [0.29, 0.717) is 10.7 Å². The van der Waals surface area contributed by atoms with Crippen LogP contribution in [0.1, 0.15) is 19.9 Å². The first-order valence-corrected chi connectivity index (χ1v) is 7.08. The molecule has 3 rings (SSSR count). The van der Waals surface area contributed by atoms with E-state index in [4.69, 9.17) is 17.3 Å². The molecular formula is C16H15ClFN3. The highest BCUT2D eigenvalue weighted by Gasteiger charge is 2.17. The van der Waals surface area contributed by atoms with Gasteiger partial charge in [-0.25, -0.2) is 9.37 Å². The molecule has 3 nitrogen and oxygen atoms in total. The number of benzene rings is 2. The Morgan fingerprint density at radius 3 is 2.62 bits per heavy atom. The fraction of sp³-hybridized carbons (Fsp3) is 0.188. The number of hydrogen-bond acceptors (Lipinski definition) is 2. The van der Waals surface area contributed by atoms with Gasteiger partial charge in [0.1, 0.15) is 11.6 Å². The highest BCUT2D eigenvalue weighted by molar-refractivity contribution is 6.31. The Kier molecular flexibility index (Phi) is 3.33. The number of nitrogens with two attached hydrogens (primary N) is 1. The van der Waals surface area contributed by atoms with Crippen LogP contribution < -0.4 is 5.73 Å². The molecule has 0 aliphatic heterocycles. The number of rotatable bonds is 2. The van der Waals surface area contributed by atoms with E-state index < -0.39 is 0 Å². The van der Waals surface area contributed by atoms with Crippen molar-refractivity contribution in [3.05, 3.63) is 47.2 Å². The summed E-state index contributed by atoms with van der Waals surface area (Å²) in [6.07, 6.45) is 0. The zero-order valence-corrected chi connectivity index (χ0v) is 12.5. The summed E-state index contributed by atoms with van der Waals surface area (Å²) >= 11 is 6.09. The summed E-state index contributed by atoms with van der Waals surface area (Å²) in [5.74, 6) is 0.367. The van der Waals surface area contributed by atoms with Crippen molar-refractivity contribution < 1.29 is 4.39 Å². The first-order chi connectivity index (χ1) is 9.97. The van der Waals surface area contributed by atoms with Crippen molar-refractivity contribution in [3.8, 4) is 11.4 Å². The minimum atomic E-state index is -0.355. The van der Waals surface area contributed by atoms with Gasteiger partial charge in [0.25, 0.3) is 0 Å². The van der Waals surface area contributed by atoms with Crippen molar-refractivity contribution in [2.75, 3.05) is 5.73 Å². The molecule has 0 unspecified atom stereocenters. The van der Waals surface area contributed by atoms with Crippen LogP contribution in [0.4, 0.5) is 10.1 Å². The Balaban J connectivity index is 2.34. The van der Waals surface area contributed by atoms with Gasteiger partial charge in [-0.1, -0.05) is 11.6 Å². The van der Waals surface area contributed by atoms with Crippen LogP contribution in [0.15, 0.2) is 36.4 Å². The van der Waals surface area contributed by atoms with Crippen LogP contribution in [0, 0.1) is 5.82 Å². The molecular weight excluding hydrogens is 289 g/mol. The van der Waals surface area contributed by atoms with Crippen molar-refractivity contribution >= 4 is 28.3 Å². The Morgan fingerprint density at radius 1 is 1.19 bits per heavy atom. The highest BCUT2D eigenvalue weighted by atomic mass is 35.5. The Bertz CT molecular complexity index is 824. The lowest BCUT2D eigenvalue weighted by Crippen LogP contribution is -2.04. The van der Waals surface area contributed by atoms with Gasteiger partial charge >= 0.3 is 0 Å². The Hall–Kier alpha value is -2.07. The molecule has 108 valence electrons. The molecule has 2 aromatic carbocycles. The first-order valence-electron chi connectivity index (χ1n) is 6.70. The quantitative estimate of drug-likeness (QED) is 0.700. The van der Waals surface area contributed by atoms with Gasteiger partial charge in [-0.05, 0) is 50.2 Å². The second kappa shape index (κ2) is 5.04. The predicted molar refractivity (Wildman–Crippen MR) is 84.9 cm³/mol. The highest BCUT2D eigenvalue weighted by Crippen LogP contribution is 2.32. The van der Waals surface area contributed by atoms with Crippen molar-refractivity contribution in [1.82, 2.24) is 9.55 Å². The molecule has 0 bridgehead atoms. The molecule has 3 aromatic rings. The van der Waals surface area contributed by atoms with E-state index in [9.17, 15) is 4.39 Å². The van der Waals surface area contributed by atoms with E-state index >= 15 is 0 Å². The fourth-order valence-electron chi connectivity index (χ4n) is 2.52. The molecule has 0 saturated heterocycles. The summed E-state index contributed by atoms with van der Waals surface area (Å²) in [6, 6.07) is 10.1. The molecule has 1 heterocycles. The largest absolute Gasteiger partial charge is 0.398 e. The SMILES string of the molecule is CC(C)n1c(-c2ccc(F)cc2N)nc2ccc(Cl)cc21.